The zero-order chi connectivity index (χ0) is 16.7. The summed E-state index contributed by atoms with van der Waals surface area (Å²) >= 11 is 0. The molecule has 2 bridgehead atoms. The third-order valence-electron chi connectivity index (χ3n) is 6.49. The topological polar surface area (TPSA) is 52.1 Å². The quantitative estimate of drug-likeness (QED) is 0.622. The normalized spacial score (nSPS) is 26.8. The monoisotopic (exact) mass is 326 g/mol. The van der Waals surface area contributed by atoms with Gasteiger partial charge in [-0.1, -0.05) is 25.5 Å². The molecule has 0 aromatic carbocycles. The van der Waals surface area contributed by atoms with Gasteiger partial charge in [-0.05, 0) is 67.4 Å². The van der Waals surface area contributed by atoms with Gasteiger partial charge in [-0.2, -0.15) is 5.10 Å². The number of hydrogen-bond acceptors (Lipinski definition) is 4. The Morgan fingerprint density at radius 3 is 2.92 bits per heavy atom. The van der Waals surface area contributed by atoms with Crippen molar-refractivity contribution < 1.29 is 9.53 Å². The van der Waals surface area contributed by atoms with Crippen LogP contribution in [0.5, 0.6) is 0 Å². The Balaban J connectivity index is 1.33. The van der Waals surface area contributed by atoms with Gasteiger partial charge in [-0.25, -0.2) is 4.79 Å². The molecular formula is C20H26N2O2. The number of fused-ring (bicyclic) bond motifs is 2. The number of nitrogens with zero attached hydrogens (tertiary/aromatic N) is 2. The third kappa shape index (κ3) is 2.66. The lowest BCUT2D eigenvalue weighted by atomic mass is 9.48. The Morgan fingerprint density at radius 2 is 2.12 bits per heavy atom. The van der Waals surface area contributed by atoms with E-state index < -0.39 is 0 Å². The highest BCUT2D eigenvalue weighted by molar-refractivity contribution is 5.87. The van der Waals surface area contributed by atoms with E-state index in [2.05, 4.69) is 30.1 Å². The number of aromatic nitrogens is 2. The number of ether oxygens (including phenoxy) is 1. The molecule has 4 nitrogen and oxygen atoms in total. The Kier molecular flexibility index (Phi) is 3.93. The highest BCUT2D eigenvalue weighted by Gasteiger charge is 2.50. The van der Waals surface area contributed by atoms with E-state index >= 15 is 0 Å². The molecule has 0 unspecified atom stereocenters. The average molecular weight is 326 g/mol. The molecule has 0 amide bonds. The lowest BCUT2D eigenvalue weighted by Crippen LogP contribution is -2.48. The summed E-state index contributed by atoms with van der Waals surface area (Å²) in [5.74, 6) is 1.19. The number of carbonyl (C=O) groups excluding carboxylic acids is 1. The van der Waals surface area contributed by atoms with Crippen molar-refractivity contribution >= 4 is 5.97 Å². The van der Waals surface area contributed by atoms with Crippen molar-refractivity contribution in [3.63, 3.8) is 0 Å². The maximum atomic E-state index is 12.2. The number of carbonyl (C=O) groups is 1. The molecule has 4 heteroatoms. The summed E-state index contributed by atoms with van der Waals surface area (Å²) in [5, 5.41) is 8.28. The third-order valence-corrected chi connectivity index (χ3v) is 6.49. The van der Waals surface area contributed by atoms with Crippen LogP contribution in [0.3, 0.4) is 0 Å². The molecule has 0 N–H and O–H groups in total. The molecule has 1 heterocycles. The first kappa shape index (κ1) is 15.8. The highest BCUT2D eigenvalue weighted by Crippen LogP contribution is 2.59. The van der Waals surface area contributed by atoms with E-state index in [0.29, 0.717) is 23.6 Å². The van der Waals surface area contributed by atoms with E-state index in [1.807, 2.05) is 6.07 Å². The molecule has 0 saturated heterocycles. The second kappa shape index (κ2) is 5.98. The van der Waals surface area contributed by atoms with Crippen LogP contribution in [0.1, 0.15) is 67.7 Å². The maximum absolute atomic E-state index is 12.2. The molecule has 0 aliphatic heterocycles. The number of esters is 1. The first-order chi connectivity index (χ1) is 11.6. The number of allylic oxidation sites excluding steroid dienone is 1. The van der Waals surface area contributed by atoms with Gasteiger partial charge in [0.25, 0.3) is 0 Å². The minimum atomic E-state index is -0.335. The van der Waals surface area contributed by atoms with E-state index in [1.54, 1.807) is 0 Å². The van der Waals surface area contributed by atoms with Crippen molar-refractivity contribution in [3.8, 4) is 0 Å². The number of rotatable bonds is 4. The SMILES string of the molecule is CC1(C)[C@H]2CC=C(CCOC(=O)c3cc4c(nn3)CCCC4)[C@@H]1C2. The molecular weight excluding hydrogens is 300 g/mol. The van der Waals surface area contributed by atoms with Gasteiger partial charge < -0.3 is 4.74 Å². The van der Waals surface area contributed by atoms with Gasteiger partial charge >= 0.3 is 5.97 Å². The second-order valence-corrected chi connectivity index (χ2v) is 8.12. The van der Waals surface area contributed by atoms with Gasteiger partial charge in [0, 0.05) is 6.42 Å². The van der Waals surface area contributed by atoms with Gasteiger partial charge in [0.05, 0.1) is 12.3 Å². The predicted molar refractivity (Wildman–Crippen MR) is 91.7 cm³/mol. The van der Waals surface area contributed by atoms with Crippen molar-refractivity contribution in [2.75, 3.05) is 6.61 Å². The summed E-state index contributed by atoms with van der Waals surface area (Å²) < 4.78 is 5.47. The molecule has 128 valence electrons. The van der Waals surface area contributed by atoms with Gasteiger partial charge in [0.15, 0.2) is 5.69 Å². The zero-order valence-corrected chi connectivity index (χ0v) is 14.7. The predicted octanol–water partition coefficient (Wildman–Crippen LogP) is 3.89. The Bertz CT molecular complexity index is 693. The number of hydrogen-bond donors (Lipinski definition) is 0. The van der Waals surface area contributed by atoms with E-state index in [-0.39, 0.29) is 5.97 Å². The minimum absolute atomic E-state index is 0.335. The van der Waals surface area contributed by atoms with Gasteiger partial charge in [0.2, 0.25) is 0 Å². The van der Waals surface area contributed by atoms with Crippen molar-refractivity contribution in [2.45, 2.75) is 58.8 Å². The lowest BCUT2D eigenvalue weighted by Gasteiger charge is -2.56. The van der Waals surface area contributed by atoms with Crippen molar-refractivity contribution in [2.24, 2.45) is 17.3 Å². The average Bonchev–Trinajstić information content (AvgIpc) is 2.61. The molecule has 24 heavy (non-hydrogen) atoms. The van der Waals surface area contributed by atoms with Crippen LogP contribution >= 0.6 is 0 Å². The Hall–Kier alpha value is -1.71. The fourth-order valence-corrected chi connectivity index (χ4v) is 4.68. The summed E-state index contributed by atoms with van der Waals surface area (Å²) in [5.41, 5.74) is 4.48. The lowest BCUT2D eigenvalue weighted by molar-refractivity contribution is -0.0103. The largest absolute Gasteiger partial charge is 0.461 e. The minimum Gasteiger partial charge on any atom is -0.461 e. The van der Waals surface area contributed by atoms with Crippen LogP contribution in [0, 0.1) is 17.3 Å². The molecule has 1 fully saturated rings. The summed E-state index contributed by atoms with van der Waals surface area (Å²) in [7, 11) is 0. The standard InChI is InChI=1S/C20H26N2O2/c1-20(2)15-8-7-13(16(20)12-15)9-10-24-19(23)18-11-14-5-3-4-6-17(14)21-22-18/h7,11,15-16H,3-6,8-10,12H2,1-2H3/t15-,16-/m0/s1. The summed E-state index contributed by atoms with van der Waals surface area (Å²) in [6.45, 7) is 5.18. The molecule has 0 spiro atoms. The van der Waals surface area contributed by atoms with Crippen LogP contribution in [0.2, 0.25) is 0 Å². The van der Waals surface area contributed by atoms with Crippen LogP contribution in [-0.2, 0) is 17.6 Å². The molecule has 1 aromatic heterocycles. The molecule has 5 rings (SSSR count). The van der Waals surface area contributed by atoms with Crippen LogP contribution < -0.4 is 0 Å². The van der Waals surface area contributed by atoms with Crippen molar-refractivity contribution in [3.05, 3.63) is 34.7 Å². The fourth-order valence-electron chi connectivity index (χ4n) is 4.68. The first-order valence-corrected chi connectivity index (χ1v) is 9.27. The van der Waals surface area contributed by atoms with Gasteiger partial charge in [-0.3, -0.25) is 0 Å². The van der Waals surface area contributed by atoms with Gasteiger partial charge in [-0.15, -0.1) is 5.10 Å². The van der Waals surface area contributed by atoms with Crippen LogP contribution in [-0.4, -0.2) is 22.8 Å². The smallest absolute Gasteiger partial charge is 0.358 e. The molecule has 1 aromatic rings. The van der Waals surface area contributed by atoms with E-state index in [9.17, 15) is 4.79 Å². The summed E-state index contributed by atoms with van der Waals surface area (Å²) in [6, 6.07) is 1.88. The van der Waals surface area contributed by atoms with Crippen LogP contribution in [0.4, 0.5) is 0 Å². The summed E-state index contributed by atoms with van der Waals surface area (Å²) in [6.07, 6.45) is 10.0. The van der Waals surface area contributed by atoms with Crippen LogP contribution in [0.25, 0.3) is 0 Å². The van der Waals surface area contributed by atoms with Crippen molar-refractivity contribution in [1.82, 2.24) is 10.2 Å². The molecule has 1 saturated carbocycles. The van der Waals surface area contributed by atoms with Crippen molar-refractivity contribution in [1.29, 1.82) is 0 Å². The van der Waals surface area contributed by atoms with E-state index in [0.717, 1.165) is 30.9 Å². The Labute approximate surface area is 143 Å². The number of aryl methyl sites for hydroxylation is 2. The fraction of sp³-hybridized carbons (Fsp3) is 0.650. The molecule has 4 aliphatic rings. The van der Waals surface area contributed by atoms with Gasteiger partial charge in [0.1, 0.15) is 0 Å². The second-order valence-electron chi connectivity index (χ2n) is 8.12. The summed E-state index contributed by atoms with van der Waals surface area (Å²) in [4.78, 5) is 12.2. The van der Waals surface area contributed by atoms with Crippen LogP contribution in [0.15, 0.2) is 17.7 Å². The molecule has 4 aliphatic carbocycles. The Morgan fingerprint density at radius 1 is 1.29 bits per heavy atom. The van der Waals surface area contributed by atoms with E-state index in [1.165, 1.54) is 36.8 Å². The maximum Gasteiger partial charge on any atom is 0.358 e. The van der Waals surface area contributed by atoms with E-state index in [4.69, 9.17) is 4.74 Å². The first-order valence-electron chi connectivity index (χ1n) is 9.27. The zero-order valence-electron chi connectivity index (χ0n) is 14.7. The highest BCUT2D eigenvalue weighted by atomic mass is 16.5. The molecule has 0 radical (unpaired) electrons. The molecule has 2 atom stereocenters.